The van der Waals surface area contributed by atoms with Gasteiger partial charge >= 0.3 is 0 Å². The second-order valence-electron chi connectivity index (χ2n) is 4.41. The summed E-state index contributed by atoms with van der Waals surface area (Å²) < 4.78 is 0. The van der Waals surface area contributed by atoms with E-state index in [-0.39, 0.29) is 0 Å². The molecule has 0 fully saturated rings. The van der Waals surface area contributed by atoms with E-state index in [1.807, 2.05) is 12.1 Å². The van der Waals surface area contributed by atoms with E-state index in [1.165, 1.54) is 5.56 Å². The number of oxime groups is 1. The Morgan fingerprint density at radius 1 is 1.05 bits per heavy atom. The molecule has 0 heterocycles. The van der Waals surface area contributed by atoms with Gasteiger partial charge in [0.25, 0.3) is 0 Å². The average Bonchev–Trinajstić information content (AvgIpc) is 2.53. The molecule has 0 atom stereocenters. The number of benzene rings is 2. The minimum absolute atomic E-state index is 0.455. The van der Waals surface area contributed by atoms with Gasteiger partial charge in [-0.25, -0.2) is 0 Å². The normalized spacial score (nSPS) is 10.4. The molecule has 0 aromatic heterocycles. The number of nitrogens with zero attached hydrogens (tertiary/aromatic N) is 2. The third-order valence-corrected chi connectivity index (χ3v) is 2.98. The van der Waals surface area contributed by atoms with Gasteiger partial charge in [0.2, 0.25) is 0 Å². The highest BCUT2D eigenvalue weighted by atomic mass is 16.6. The Balaban J connectivity index is 1.85. The third kappa shape index (κ3) is 3.96. The van der Waals surface area contributed by atoms with Gasteiger partial charge in [-0.1, -0.05) is 48.5 Å². The van der Waals surface area contributed by atoms with Crippen molar-refractivity contribution in [2.24, 2.45) is 5.16 Å². The van der Waals surface area contributed by atoms with Crippen LogP contribution < -0.4 is 0 Å². The number of rotatable bonds is 5. The van der Waals surface area contributed by atoms with Crippen LogP contribution in [0.5, 0.6) is 0 Å². The Bertz CT molecular complexity index is 607. The Kier molecular flexibility index (Phi) is 4.91. The molecule has 0 radical (unpaired) electrons. The molecule has 0 spiro atoms. The fraction of sp³-hybridized carbons (Fsp3) is 0.176. The maximum absolute atomic E-state index is 8.70. The van der Waals surface area contributed by atoms with Crippen LogP contribution in [0.3, 0.4) is 0 Å². The van der Waals surface area contributed by atoms with E-state index in [0.717, 1.165) is 17.5 Å². The van der Waals surface area contributed by atoms with Crippen LogP contribution in [0, 0.1) is 11.3 Å². The van der Waals surface area contributed by atoms with E-state index in [0.29, 0.717) is 12.2 Å². The number of aryl methyl sites for hydroxylation is 1. The van der Waals surface area contributed by atoms with E-state index in [1.54, 1.807) is 18.3 Å². The lowest BCUT2D eigenvalue weighted by Crippen LogP contribution is -1.89. The van der Waals surface area contributed by atoms with Crippen LogP contribution in [0.25, 0.3) is 0 Å². The van der Waals surface area contributed by atoms with Crippen LogP contribution in [0.1, 0.15) is 29.2 Å². The highest BCUT2D eigenvalue weighted by molar-refractivity contribution is 5.79. The van der Waals surface area contributed by atoms with Gasteiger partial charge in [-0.2, -0.15) is 5.26 Å². The highest BCUT2D eigenvalue weighted by Crippen LogP contribution is 2.06. The Morgan fingerprint density at radius 3 is 2.30 bits per heavy atom. The number of hydrogen-bond donors (Lipinski definition) is 0. The van der Waals surface area contributed by atoms with Gasteiger partial charge in [0.05, 0.1) is 17.8 Å². The van der Waals surface area contributed by atoms with E-state index in [4.69, 9.17) is 10.1 Å². The highest BCUT2D eigenvalue weighted by Gasteiger charge is 1.94. The Morgan fingerprint density at radius 2 is 1.70 bits per heavy atom. The molecule has 0 unspecified atom stereocenters. The first-order valence-corrected chi connectivity index (χ1v) is 6.55. The summed E-state index contributed by atoms with van der Waals surface area (Å²) in [6, 6.07) is 17.6. The van der Waals surface area contributed by atoms with Gasteiger partial charge in [-0.15, -0.1) is 0 Å². The van der Waals surface area contributed by atoms with Crippen LogP contribution >= 0.6 is 0 Å². The summed E-state index contributed by atoms with van der Waals surface area (Å²) in [4.78, 5) is 5.26. The van der Waals surface area contributed by atoms with Crippen molar-refractivity contribution in [1.82, 2.24) is 0 Å². The van der Waals surface area contributed by atoms with Crippen molar-refractivity contribution in [3.63, 3.8) is 0 Å². The minimum Gasteiger partial charge on any atom is -0.391 e. The quantitative estimate of drug-likeness (QED) is 0.611. The lowest BCUT2D eigenvalue weighted by molar-refractivity contribution is 0.132. The summed E-state index contributed by atoms with van der Waals surface area (Å²) in [6.45, 7) is 2.59. The predicted octanol–water partition coefficient (Wildman–Crippen LogP) is 3.67. The molecule has 20 heavy (non-hydrogen) atoms. The maximum Gasteiger partial charge on any atom is 0.142 e. The second-order valence-corrected chi connectivity index (χ2v) is 4.41. The molecule has 0 aliphatic rings. The summed E-state index contributed by atoms with van der Waals surface area (Å²) in [5.74, 6) is 0. The molecule has 2 aromatic rings. The van der Waals surface area contributed by atoms with Crippen LogP contribution in [-0.2, 0) is 17.9 Å². The van der Waals surface area contributed by atoms with Crippen molar-refractivity contribution in [2.45, 2.75) is 20.0 Å². The molecule has 0 saturated carbocycles. The van der Waals surface area contributed by atoms with Crippen LogP contribution in [0.2, 0.25) is 0 Å². The zero-order chi connectivity index (χ0) is 14.2. The first-order chi connectivity index (χ1) is 9.81. The number of hydrogen-bond acceptors (Lipinski definition) is 3. The van der Waals surface area contributed by atoms with Crippen molar-refractivity contribution in [3.05, 3.63) is 70.8 Å². The van der Waals surface area contributed by atoms with Gasteiger partial charge in [-0.05, 0) is 35.2 Å². The van der Waals surface area contributed by atoms with Crippen LogP contribution in [-0.4, -0.2) is 6.21 Å². The SMILES string of the molecule is CCc1ccc(CON=Cc2ccc(C#N)cc2)cc1. The standard InChI is InChI=1S/C17H16N2O/c1-2-14-3-9-17(10-4-14)13-20-19-12-16-7-5-15(11-18)6-8-16/h3-10,12H,2,13H2,1H3. The van der Waals surface area contributed by atoms with Crippen molar-refractivity contribution < 1.29 is 4.84 Å². The molecule has 0 bridgehead atoms. The third-order valence-electron chi connectivity index (χ3n) is 2.98. The topological polar surface area (TPSA) is 45.4 Å². The van der Waals surface area contributed by atoms with Crippen LogP contribution in [0.4, 0.5) is 0 Å². The van der Waals surface area contributed by atoms with Gasteiger partial charge in [0.15, 0.2) is 0 Å². The van der Waals surface area contributed by atoms with E-state index >= 15 is 0 Å². The van der Waals surface area contributed by atoms with E-state index in [9.17, 15) is 0 Å². The molecule has 0 aliphatic heterocycles. The van der Waals surface area contributed by atoms with Gasteiger partial charge in [0.1, 0.15) is 6.61 Å². The first-order valence-electron chi connectivity index (χ1n) is 6.55. The zero-order valence-electron chi connectivity index (χ0n) is 11.4. The van der Waals surface area contributed by atoms with Crippen LogP contribution in [0.15, 0.2) is 53.7 Å². The minimum atomic E-state index is 0.455. The zero-order valence-corrected chi connectivity index (χ0v) is 11.4. The summed E-state index contributed by atoms with van der Waals surface area (Å²) in [7, 11) is 0. The van der Waals surface area contributed by atoms with Gasteiger partial charge in [-0.3, -0.25) is 0 Å². The largest absolute Gasteiger partial charge is 0.391 e. The molecule has 0 amide bonds. The van der Waals surface area contributed by atoms with E-state index < -0.39 is 0 Å². The second kappa shape index (κ2) is 7.10. The van der Waals surface area contributed by atoms with Crippen molar-refractivity contribution in [2.75, 3.05) is 0 Å². The molecule has 3 nitrogen and oxygen atoms in total. The van der Waals surface area contributed by atoms with Gasteiger partial charge in [0, 0.05) is 0 Å². The molecule has 0 aliphatic carbocycles. The van der Waals surface area contributed by atoms with Gasteiger partial charge < -0.3 is 4.84 Å². The molecule has 2 rings (SSSR count). The van der Waals surface area contributed by atoms with Crippen molar-refractivity contribution in [1.29, 1.82) is 5.26 Å². The lowest BCUT2D eigenvalue weighted by Gasteiger charge is -2.01. The molecule has 2 aromatic carbocycles. The Labute approximate surface area is 119 Å². The number of nitriles is 1. The molecule has 100 valence electrons. The predicted molar refractivity (Wildman–Crippen MR) is 79.4 cm³/mol. The monoisotopic (exact) mass is 264 g/mol. The summed E-state index contributed by atoms with van der Waals surface area (Å²) in [6.07, 6.45) is 2.68. The van der Waals surface area contributed by atoms with Crippen molar-refractivity contribution >= 4 is 6.21 Å². The van der Waals surface area contributed by atoms with E-state index in [2.05, 4.69) is 42.4 Å². The first kappa shape index (κ1) is 13.8. The lowest BCUT2D eigenvalue weighted by atomic mass is 10.1. The molecular formula is C17H16N2O. The summed E-state index contributed by atoms with van der Waals surface area (Å²) in [5.41, 5.74) is 3.96. The Hall–Kier alpha value is -2.60. The maximum atomic E-state index is 8.70. The summed E-state index contributed by atoms with van der Waals surface area (Å²) in [5, 5.41) is 12.6. The molecule has 0 saturated heterocycles. The summed E-state index contributed by atoms with van der Waals surface area (Å²) >= 11 is 0. The fourth-order valence-electron chi connectivity index (χ4n) is 1.72. The molecular weight excluding hydrogens is 248 g/mol. The smallest absolute Gasteiger partial charge is 0.142 e. The average molecular weight is 264 g/mol. The fourth-order valence-corrected chi connectivity index (χ4v) is 1.72. The van der Waals surface area contributed by atoms with Crippen molar-refractivity contribution in [3.8, 4) is 6.07 Å². The molecule has 3 heteroatoms. The molecule has 0 N–H and O–H groups in total.